The summed E-state index contributed by atoms with van der Waals surface area (Å²) < 4.78 is 5.32. The zero-order valence-electron chi connectivity index (χ0n) is 8.40. The van der Waals surface area contributed by atoms with Crippen LogP contribution in [0, 0.1) is 11.3 Å². The van der Waals surface area contributed by atoms with Crippen LogP contribution in [0.2, 0.25) is 0 Å². The van der Waals surface area contributed by atoms with Crippen molar-refractivity contribution < 1.29 is 9.53 Å². The third kappa shape index (κ3) is 3.64. The monoisotopic (exact) mass is 221 g/mol. The quantitative estimate of drug-likeness (QED) is 0.716. The van der Waals surface area contributed by atoms with E-state index in [0.29, 0.717) is 5.75 Å². The number of nitrogens with zero attached hydrogens (tertiary/aromatic N) is 1. The second kappa shape index (κ2) is 6.10. The molecule has 0 radical (unpaired) electrons. The zero-order chi connectivity index (χ0) is 11.1. The lowest BCUT2D eigenvalue weighted by Gasteiger charge is -2.07. The molecule has 4 heteroatoms. The first-order valence-electron chi connectivity index (χ1n) is 4.42. The summed E-state index contributed by atoms with van der Waals surface area (Å²) >= 11 is 1.56. The zero-order valence-corrected chi connectivity index (χ0v) is 9.21. The summed E-state index contributed by atoms with van der Waals surface area (Å²) in [5.41, 5.74) is 0. The molecule has 3 nitrogen and oxygen atoms in total. The number of ether oxygens (including phenoxy) is 1. The van der Waals surface area contributed by atoms with Crippen molar-refractivity contribution in [3.8, 4) is 11.8 Å². The molecule has 15 heavy (non-hydrogen) atoms. The minimum atomic E-state index is -0.201. The minimum Gasteiger partial charge on any atom is -0.485 e. The second-order valence-corrected chi connectivity index (χ2v) is 3.66. The predicted molar refractivity (Wildman–Crippen MR) is 59.0 cm³/mol. The Bertz CT molecular complexity index is 384. The summed E-state index contributed by atoms with van der Waals surface area (Å²) in [5, 5.41) is 8.30. The van der Waals surface area contributed by atoms with E-state index in [0.717, 1.165) is 4.90 Å². The van der Waals surface area contributed by atoms with E-state index in [2.05, 4.69) is 0 Å². The molecule has 0 saturated heterocycles. The normalized spacial score (nSPS) is 9.33. The standard InChI is InChI=1S/C11H11NO2S/c1-15-11-5-3-2-4-10(11)14-8-9(13)6-7-12/h2-5H,6,8H2,1H3. The molecule has 0 spiro atoms. The topological polar surface area (TPSA) is 50.1 Å². The average molecular weight is 221 g/mol. The van der Waals surface area contributed by atoms with E-state index >= 15 is 0 Å². The van der Waals surface area contributed by atoms with Gasteiger partial charge in [0.2, 0.25) is 0 Å². The van der Waals surface area contributed by atoms with Gasteiger partial charge in [-0.2, -0.15) is 5.26 Å². The van der Waals surface area contributed by atoms with Gasteiger partial charge in [0.25, 0.3) is 0 Å². The van der Waals surface area contributed by atoms with Gasteiger partial charge in [0, 0.05) is 4.90 Å². The number of nitriles is 1. The number of ketones is 1. The van der Waals surface area contributed by atoms with Gasteiger partial charge in [-0.15, -0.1) is 11.8 Å². The van der Waals surface area contributed by atoms with Crippen LogP contribution in [0.25, 0.3) is 0 Å². The molecule has 0 aliphatic rings. The summed E-state index contributed by atoms with van der Waals surface area (Å²) in [6, 6.07) is 9.30. The number of hydrogen-bond donors (Lipinski definition) is 0. The third-order valence-corrected chi connectivity index (χ3v) is 2.51. The van der Waals surface area contributed by atoms with Crippen LogP contribution in [0.1, 0.15) is 6.42 Å². The van der Waals surface area contributed by atoms with Crippen molar-refractivity contribution in [3.63, 3.8) is 0 Å². The van der Waals surface area contributed by atoms with E-state index in [1.807, 2.05) is 30.5 Å². The number of benzene rings is 1. The molecule has 0 saturated carbocycles. The summed E-state index contributed by atoms with van der Waals surface area (Å²) in [4.78, 5) is 12.0. The molecule has 1 aromatic carbocycles. The van der Waals surface area contributed by atoms with Crippen LogP contribution in [0.3, 0.4) is 0 Å². The lowest BCUT2D eigenvalue weighted by molar-refractivity contribution is -0.120. The number of para-hydroxylation sites is 1. The molecule has 0 aliphatic carbocycles. The molecule has 0 heterocycles. The van der Waals surface area contributed by atoms with Gasteiger partial charge >= 0.3 is 0 Å². The second-order valence-electron chi connectivity index (χ2n) is 2.81. The van der Waals surface area contributed by atoms with Crippen LogP contribution in [0.5, 0.6) is 5.75 Å². The molecule has 78 valence electrons. The Morgan fingerprint density at radius 3 is 2.93 bits per heavy atom. The first-order chi connectivity index (χ1) is 7.27. The maximum atomic E-state index is 11.1. The molecule has 0 amide bonds. The molecule has 1 aromatic rings. The van der Waals surface area contributed by atoms with Gasteiger partial charge in [-0.3, -0.25) is 4.79 Å². The molecule has 0 N–H and O–H groups in total. The Kier molecular flexibility index (Phi) is 4.72. The number of rotatable bonds is 5. The first kappa shape index (κ1) is 11.6. The highest BCUT2D eigenvalue weighted by Crippen LogP contribution is 2.26. The van der Waals surface area contributed by atoms with E-state index in [4.69, 9.17) is 10.00 Å². The smallest absolute Gasteiger partial charge is 0.184 e. The fraction of sp³-hybridized carbons (Fsp3) is 0.273. The maximum Gasteiger partial charge on any atom is 0.184 e. The molecular weight excluding hydrogens is 210 g/mol. The third-order valence-electron chi connectivity index (χ3n) is 1.73. The van der Waals surface area contributed by atoms with E-state index in [1.165, 1.54) is 0 Å². The molecule has 0 aromatic heterocycles. The molecule has 0 aliphatic heterocycles. The van der Waals surface area contributed by atoms with Crippen LogP contribution in [0.15, 0.2) is 29.2 Å². The van der Waals surface area contributed by atoms with Crippen molar-refractivity contribution in [2.24, 2.45) is 0 Å². The van der Waals surface area contributed by atoms with Gasteiger partial charge in [-0.1, -0.05) is 12.1 Å². The molecule has 1 rings (SSSR count). The first-order valence-corrected chi connectivity index (χ1v) is 5.65. The average Bonchev–Trinajstić information content (AvgIpc) is 2.27. The Balaban J connectivity index is 2.57. The summed E-state index contributed by atoms with van der Waals surface area (Å²) in [6.45, 7) is -0.0366. The number of carbonyl (C=O) groups is 1. The van der Waals surface area contributed by atoms with Crippen molar-refractivity contribution in [1.82, 2.24) is 0 Å². The van der Waals surface area contributed by atoms with Crippen molar-refractivity contribution in [1.29, 1.82) is 5.26 Å². The van der Waals surface area contributed by atoms with Gasteiger partial charge < -0.3 is 4.74 Å². The van der Waals surface area contributed by atoms with Crippen molar-refractivity contribution in [3.05, 3.63) is 24.3 Å². The fourth-order valence-electron chi connectivity index (χ4n) is 1.04. The Labute approximate surface area is 93.0 Å². The van der Waals surface area contributed by atoms with E-state index in [-0.39, 0.29) is 18.8 Å². The van der Waals surface area contributed by atoms with Gasteiger partial charge in [0.15, 0.2) is 5.78 Å². The summed E-state index contributed by atoms with van der Waals surface area (Å²) in [7, 11) is 0. The number of hydrogen-bond acceptors (Lipinski definition) is 4. The molecule has 0 bridgehead atoms. The largest absolute Gasteiger partial charge is 0.485 e. The fourth-order valence-corrected chi connectivity index (χ4v) is 1.58. The van der Waals surface area contributed by atoms with Gasteiger partial charge in [0.1, 0.15) is 12.4 Å². The minimum absolute atomic E-state index is 0.0366. The summed E-state index contributed by atoms with van der Waals surface area (Å²) in [5.74, 6) is 0.490. The van der Waals surface area contributed by atoms with Crippen molar-refractivity contribution >= 4 is 17.5 Å². The molecule has 0 atom stereocenters. The van der Waals surface area contributed by atoms with Crippen molar-refractivity contribution in [2.45, 2.75) is 11.3 Å². The number of Topliss-reactive ketones (excluding diaryl/α,β-unsaturated/α-hetero) is 1. The highest BCUT2D eigenvalue weighted by molar-refractivity contribution is 7.98. The Morgan fingerprint density at radius 2 is 2.27 bits per heavy atom. The number of thioether (sulfide) groups is 1. The highest BCUT2D eigenvalue weighted by atomic mass is 32.2. The van der Waals surface area contributed by atoms with Crippen LogP contribution in [-0.2, 0) is 4.79 Å². The molecule has 0 unspecified atom stereocenters. The number of carbonyl (C=O) groups excluding carboxylic acids is 1. The van der Waals surface area contributed by atoms with Crippen molar-refractivity contribution in [2.75, 3.05) is 12.9 Å². The van der Waals surface area contributed by atoms with Crippen LogP contribution in [0.4, 0.5) is 0 Å². The van der Waals surface area contributed by atoms with E-state index in [9.17, 15) is 4.79 Å². The lowest BCUT2D eigenvalue weighted by atomic mass is 10.3. The molecule has 0 fully saturated rings. The van der Waals surface area contributed by atoms with Crippen LogP contribution < -0.4 is 4.74 Å². The van der Waals surface area contributed by atoms with E-state index in [1.54, 1.807) is 17.8 Å². The maximum absolute atomic E-state index is 11.1. The van der Waals surface area contributed by atoms with Crippen LogP contribution >= 0.6 is 11.8 Å². The lowest BCUT2D eigenvalue weighted by Crippen LogP contribution is -2.10. The SMILES string of the molecule is CSc1ccccc1OCC(=O)CC#N. The van der Waals surface area contributed by atoms with Gasteiger partial charge in [-0.25, -0.2) is 0 Å². The highest BCUT2D eigenvalue weighted by Gasteiger charge is 2.05. The predicted octanol–water partition coefficient (Wildman–Crippen LogP) is 2.27. The van der Waals surface area contributed by atoms with E-state index < -0.39 is 0 Å². The van der Waals surface area contributed by atoms with Gasteiger partial charge in [-0.05, 0) is 18.4 Å². The van der Waals surface area contributed by atoms with Gasteiger partial charge in [0.05, 0.1) is 12.5 Å². The Hall–Kier alpha value is -1.47. The molecular formula is C11H11NO2S. The summed E-state index contributed by atoms with van der Waals surface area (Å²) in [6.07, 6.45) is 1.85. The Morgan fingerprint density at radius 1 is 1.53 bits per heavy atom. The van der Waals surface area contributed by atoms with Crippen LogP contribution in [-0.4, -0.2) is 18.6 Å².